The van der Waals surface area contributed by atoms with Crippen LogP contribution in [0.1, 0.15) is 16.9 Å². The van der Waals surface area contributed by atoms with Crippen molar-refractivity contribution in [3.05, 3.63) is 48.8 Å². The lowest BCUT2D eigenvalue weighted by Gasteiger charge is -2.47. The van der Waals surface area contributed by atoms with Crippen molar-refractivity contribution in [2.75, 3.05) is 18.8 Å². The molecule has 0 aromatic carbocycles. The third-order valence-electron chi connectivity index (χ3n) is 4.14. The molecule has 0 bridgehead atoms. The predicted molar refractivity (Wildman–Crippen MR) is 86.4 cm³/mol. The summed E-state index contributed by atoms with van der Waals surface area (Å²) in [6, 6.07) is 3.80. The SMILES string of the molecule is O=C(c1cnccn1)N1CC2(CC(Oc3cccnc3)CS2)C1. The van der Waals surface area contributed by atoms with Crippen LogP contribution in [0.5, 0.6) is 5.75 Å². The van der Waals surface area contributed by atoms with Crippen LogP contribution in [0.2, 0.25) is 0 Å². The molecular formula is C16H16N4O2S. The normalized spacial score (nSPS) is 21.9. The fraction of sp³-hybridized carbons (Fsp3) is 0.375. The van der Waals surface area contributed by atoms with Crippen molar-refractivity contribution < 1.29 is 9.53 Å². The standard InChI is InChI=1S/C16H16N4O2S/c21-15(14-8-18-4-5-19-14)20-10-16(11-20)6-13(9-23-16)22-12-2-1-3-17-7-12/h1-5,7-8,13H,6,9-11H2. The van der Waals surface area contributed by atoms with E-state index in [-0.39, 0.29) is 16.8 Å². The first-order chi connectivity index (χ1) is 11.2. The Morgan fingerprint density at radius 3 is 2.87 bits per heavy atom. The van der Waals surface area contributed by atoms with Gasteiger partial charge >= 0.3 is 0 Å². The summed E-state index contributed by atoms with van der Waals surface area (Å²) in [5, 5.41) is 0. The first-order valence-electron chi connectivity index (χ1n) is 7.50. The molecule has 2 saturated heterocycles. The summed E-state index contributed by atoms with van der Waals surface area (Å²) in [6.07, 6.45) is 9.24. The molecule has 1 unspecified atom stereocenters. The van der Waals surface area contributed by atoms with Gasteiger partial charge in [-0.2, -0.15) is 0 Å². The second kappa shape index (κ2) is 5.81. The van der Waals surface area contributed by atoms with Crippen LogP contribution < -0.4 is 4.74 Å². The van der Waals surface area contributed by atoms with Gasteiger partial charge in [-0.05, 0) is 12.1 Å². The molecule has 1 amide bonds. The number of carbonyl (C=O) groups excluding carboxylic acids is 1. The van der Waals surface area contributed by atoms with E-state index in [4.69, 9.17) is 4.74 Å². The Labute approximate surface area is 138 Å². The number of likely N-dealkylation sites (tertiary alicyclic amines) is 1. The highest BCUT2D eigenvalue weighted by atomic mass is 32.2. The topological polar surface area (TPSA) is 68.2 Å². The van der Waals surface area contributed by atoms with Crippen LogP contribution in [0, 0.1) is 0 Å². The molecule has 6 nitrogen and oxygen atoms in total. The Morgan fingerprint density at radius 1 is 1.26 bits per heavy atom. The first kappa shape index (κ1) is 14.4. The Hall–Kier alpha value is -2.15. The van der Waals surface area contributed by atoms with Crippen LogP contribution in [0.3, 0.4) is 0 Å². The van der Waals surface area contributed by atoms with E-state index in [2.05, 4.69) is 15.0 Å². The Kier molecular flexibility index (Phi) is 3.65. The molecule has 2 aliphatic rings. The minimum atomic E-state index is -0.0408. The summed E-state index contributed by atoms with van der Waals surface area (Å²) in [7, 11) is 0. The van der Waals surface area contributed by atoms with Crippen LogP contribution in [-0.4, -0.2) is 55.5 Å². The average molecular weight is 328 g/mol. The summed E-state index contributed by atoms with van der Waals surface area (Å²) in [5.41, 5.74) is 0.411. The molecule has 0 saturated carbocycles. The van der Waals surface area contributed by atoms with Gasteiger partial charge in [0, 0.05) is 43.9 Å². The van der Waals surface area contributed by atoms with E-state index < -0.39 is 0 Å². The lowest BCUT2D eigenvalue weighted by Crippen LogP contribution is -2.61. The van der Waals surface area contributed by atoms with Crippen LogP contribution in [0.15, 0.2) is 43.1 Å². The molecule has 0 aliphatic carbocycles. The van der Waals surface area contributed by atoms with Crippen LogP contribution in [0.4, 0.5) is 0 Å². The maximum atomic E-state index is 12.3. The number of carbonyl (C=O) groups is 1. The minimum absolute atomic E-state index is 0.0408. The van der Waals surface area contributed by atoms with Gasteiger partial charge in [0.05, 0.1) is 17.1 Å². The Bertz CT molecular complexity index is 692. The van der Waals surface area contributed by atoms with Crippen molar-refractivity contribution in [2.24, 2.45) is 0 Å². The van der Waals surface area contributed by atoms with Crippen molar-refractivity contribution in [1.29, 1.82) is 0 Å². The Balaban J connectivity index is 1.34. The highest BCUT2D eigenvalue weighted by Crippen LogP contribution is 2.46. The molecule has 2 aliphatic heterocycles. The molecule has 2 fully saturated rings. The maximum Gasteiger partial charge on any atom is 0.274 e. The third kappa shape index (κ3) is 2.88. The molecular weight excluding hydrogens is 312 g/mol. The summed E-state index contributed by atoms with van der Waals surface area (Å²) in [4.78, 5) is 26.2. The van der Waals surface area contributed by atoms with Crippen molar-refractivity contribution >= 4 is 17.7 Å². The summed E-state index contributed by atoms with van der Waals surface area (Å²) < 4.78 is 6.11. The smallest absolute Gasteiger partial charge is 0.274 e. The van der Waals surface area contributed by atoms with Crippen molar-refractivity contribution in [2.45, 2.75) is 17.3 Å². The summed E-state index contributed by atoms with van der Waals surface area (Å²) in [6.45, 7) is 1.50. The molecule has 7 heteroatoms. The van der Waals surface area contributed by atoms with Gasteiger partial charge in [-0.3, -0.25) is 14.8 Å². The van der Waals surface area contributed by atoms with Crippen molar-refractivity contribution in [1.82, 2.24) is 19.9 Å². The van der Waals surface area contributed by atoms with Crippen LogP contribution in [-0.2, 0) is 0 Å². The second-order valence-electron chi connectivity index (χ2n) is 5.88. The molecule has 0 radical (unpaired) electrons. The van der Waals surface area contributed by atoms with E-state index in [1.165, 1.54) is 6.20 Å². The molecule has 118 valence electrons. The monoisotopic (exact) mass is 328 g/mol. The molecule has 1 atom stereocenters. The van der Waals surface area contributed by atoms with Gasteiger partial charge in [-0.1, -0.05) is 0 Å². The zero-order chi connectivity index (χ0) is 15.7. The number of ether oxygens (including phenoxy) is 1. The zero-order valence-electron chi connectivity index (χ0n) is 12.5. The average Bonchev–Trinajstić information content (AvgIpc) is 2.99. The molecule has 23 heavy (non-hydrogen) atoms. The molecule has 4 heterocycles. The van der Waals surface area contributed by atoms with E-state index in [1.807, 2.05) is 28.8 Å². The summed E-state index contributed by atoms with van der Waals surface area (Å²) in [5.74, 6) is 1.71. The molecule has 0 N–H and O–H groups in total. The van der Waals surface area contributed by atoms with E-state index in [9.17, 15) is 4.79 Å². The van der Waals surface area contributed by atoms with E-state index in [1.54, 1.807) is 24.8 Å². The lowest BCUT2D eigenvalue weighted by molar-refractivity contribution is 0.0511. The van der Waals surface area contributed by atoms with Gasteiger partial charge in [0.1, 0.15) is 17.5 Å². The van der Waals surface area contributed by atoms with E-state index in [0.717, 1.165) is 31.0 Å². The van der Waals surface area contributed by atoms with Crippen molar-refractivity contribution in [3.63, 3.8) is 0 Å². The highest BCUT2D eigenvalue weighted by molar-refractivity contribution is 8.01. The number of thioether (sulfide) groups is 1. The number of aromatic nitrogens is 3. The maximum absolute atomic E-state index is 12.3. The number of hydrogen-bond donors (Lipinski definition) is 0. The lowest BCUT2D eigenvalue weighted by atomic mass is 9.92. The van der Waals surface area contributed by atoms with Gasteiger partial charge in [0.15, 0.2) is 0 Å². The molecule has 1 spiro atoms. The number of nitrogens with zero attached hydrogens (tertiary/aromatic N) is 4. The van der Waals surface area contributed by atoms with Gasteiger partial charge in [-0.15, -0.1) is 11.8 Å². The molecule has 4 rings (SSSR count). The predicted octanol–water partition coefficient (Wildman–Crippen LogP) is 1.65. The molecule has 2 aromatic heterocycles. The van der Waals surface area contributed by atoms with Gasteiger partial charge < -0.3 is 9.64 Å². The second-order valence-corrected chi connectivity index (χ2v) is 7.37. The largest absolute Gasteiger partial charge is 0.488 e. The quantitative estimate of drug-likeness (QED) is 0.853. The van der Waals surface area contributed by atoms with E-state index >= 15 is 0 Å². The summed E-state index contributed by atoms with van der Waals surface area (Å²) >= 11 is 1.90. The fourth-order valence-corrected chi connectivity index (χ4v) is 4.60. The number of hydrogen-bond acceptors (Lipinski definition) is 6. The molecule has 2 aromatic rings. The first-order valence-corrected chi connectivity index (χ1v) is 8.49. The van der Waals surface area contributed by atoms with E-state index in [0.29, 0.717) is 5.69 Å². The fourth-order valence-electron chi connectivity index (χ4n) is 3.07. The highest BCUT2D eigenvalue weighted by Gasteiger charge is 2.51. The van der Waals surface area contributed by atoms with Crippen LogP contribution >= 0.6 is 11.8 Å². The third-order valence-corrected chi connectivity index (χ3v) is 5.72. The van der Waals surface area contributed by atoms with Gasteiger partial charge in [-0.25, -0.2) is 4.98 Å². The van der Waals surface area contributed by atoms with Crippen LogP contribution in [0.25, 0.3) is 0 Å². The number of amides is 1. The van der Waals surface area contributed by atoms with Gasteiger partial charge in [0.25, 0.3) is 5.91 Å². The van der Waals surface area contributed by atoms with Crippen molar-refractivity contribution in [3.8, 4) is 5.75 Å². The number of rotatable bonds is 3. The number of pyridine rings is 1. The zero-order valence-corrected chi connectivity index (χ0v) is 13.3. The van der Waals surface area contributed by atoms with Gasteiger partial charge in [0.2, 0.25) is 0 Å². The minimum Gasteiger partial charge on any atom is -0.488 e. The Morgan fingerprint density at radius 2 is 2.13 bits per heavy atom.